The Bertz CT molecular complexity index is 2380. The van der Waals surface area contributed by atoms with E-state index in [1.807, 2.05) is 48.5 Å². The molecule has 366 valence electrons. The van der Waals surface area contributed by atoms with Gasteiger partial charge in [0.25, 0.3) is 0 Å². The predicted molar refractivity (Wildman–Crippen MR) is 247 cm³/mol. The van der Waals surface area contributed by atoms with Gasteiger partial charge in [-0.1, -0.05) is 81.0 Å². The smallest absolute Gasteiger partial charge is 0.407 e. The second kappa shape index (κ2) is 19.1. The molecule has 5 aliphatic rings. The fourth-order valence-corrected chi connectivity index (χ4v) is 12.4. The lowest BCUT2D eigenvalue weighted by atomic mass is 9.43. The van der Waals surface area contributed by atoms with Crippen LogP contribution >= 0.6 is 0 Å². The van der Waals surface area contributed by atoms with Gasteiger partial charge in [-0.05, 0) is 107 Å². The summed E-state index contributed by atoms with van der Waals surface area (Å²) >= 11 is 0. The molecule has 0 spiro atoms. The van der Waals surface area contributed by atoms with Crippen LogP contribution in [0.2, 0.25) is 0 Å². The van der Waals surface area contributed by atoms with Gasteiger partial charge in [0.15, 0.2) is 29.4 Å². The van der Waals surface area contributed by atoms with Gasteiger partial charge in [-0.2, -0.15) is 0 Å². The van der Waals surface area contributed by atoms with Gasteiger partial charge >= 0.3 is 24.0 Å². The minimum absolute atomic E-state index is 0.0621. The number of carbonyl (C=O) groups excluding carboxylic acids is 7. The predicted octanol–water partition coefficient (Wildman–Crippen LogP) is 7.11. The molecule has 7 rings (SSSR count). The number of benzene rings is 2. The molecular weight excluding hydrogens is 876 g/mol. The van der Waals surface area contributed by atoms with Crippen LogP contribution in [-0.2, 0) is 47.7 Å². The second-order valence-corrected chi connectivity index (χ2v) is 20.5. The highest BCUT2D eigenvalue weighted by atomic mass is 19.1. The van der Waals surface area contributed by atoms with Crippen molar-refractivity contribution in [2.45, 2.75) is 147 Å². The third-order valence-electron chi connectivity index (χ3n) is 15.5. The molecule has 3 saturated carbocycles. The first-order valence-corrected chi connectivity index (χ1v) is 23.9. The molecule has 0 aliphatic heterocycles. The van der Waals surface area contributed by atoms with Crippen molar-refractivity contribution in [2.75, 3.05) is 13.2 Å². The number of nitrogens with one attached hydrogen (secondary N) is 1. The largest absolute Gasteiger partial charge is 0.459 e. The Labute approximate surface area is 396 Å². The van der Waals surface area contributed by atoms with E-state index < -0.39 is 119 Å². The molecule has 0 heterocycles. The molecule has 14 nitrogen and oxygen atoms in total. The average molecular weight is 941 g/mol. The maximum atomic E-state index is 18.6. The number of fused-ring (bicyclic) bond motifs is 8. The number of nitrogens with two attached hydrogens (primary N) is 1. The van der Waals surface area contributed by atoms with E-state index in [0.29, 0.717) is 5.57 Å². The summed E-state index contributed by atoms with van der Waals surface area (Å²) in [5, 5.41) is 15.2. The lowest BCUT2D eigenvalue weighted by molar-refractivity contribution is -0.234. The highest BCUT2D eigenvalue weighted by Crippen LogP contribution is 2.72. The Hall–Kier alpha value is -5.54. The number of allylic oxidation sites excluding steroid dienone is 4. The molecule has 0 bridgehead atoms. The number of carbonyl (C=O) groups is 7. The van der Waals surface area contributed by atoms with Crippen LogP contribution in [0.5, 0.6) is 0 Å². The quantitative estimate of drug-likeness (QED) is 0.113. The molecule has 4 N–H and O–H groups in total. The standard InChI is InChI=1S/C53H65FN2O12/c1-8-45(61)65-29-44(60)53(67-46(62)9-2)30(3)24-39-38-19-18-31-25-32(57)22-23-50(31,7)52(38,54)43(59)27-51(39,53)26-42(58)41(21-20-40(55)47(63)68-49(4,5)6)56-48(64)66-28-37-35-16-12-10-14-33(35)34-15-11-13-17-36(34)37/h10-17,22-23,25,30,37-41,43,59H,8-9,18-21,24,26-29,55H2,1-7H3,(H,56,64)/t30-,38-,39-,40?,41-,43-,50-,51-,52?,53-/m0/s1. The van der Waals surface area contributed by atoms with Gasteiger partial charge in [-0.25, -0.2) is 9.18 Å². The van der Waals surface area contributed by atoms with Crippen molar-refractivity contribution >= 4 is 41.4 Å². The van der Waals surface area contributed by atoms with Gasteiger partial charge in [-0.15, -0.1) is 0 Å². The van der Waals surface area contributed by atoms with Crippen molar-refractivity contribution in [3.63, 3.8) is 0 Å². The number of rotatable bonds is 16. The molecule has 0 saturated heterocycles. The van der Waals surface area contributed by atoms with E-state index in [1.165, 1.54) is 25.2 Å². The summed E-state index contributed by atoms with van der Waals surface area (Å²) in [6, 6.07) is 12.9. The third kappa shape index (κ3) is 8.73. The number of aliphatic hydroxyl groups is 1. The highest BCUT2D eigenvalue weighted by molar-refractivity contribution is 6.01. The molecule has 2 unspecified atom stereocenters. The molecule has 0 aromatic heterocycles. The minimum Gasteiger partial charge on any atom is -0.459 e. The normalized spacial score (nSPS) is 30.0. The summed E-state index contributed by atoms with van der Waals surface area (Å²) in [5.74, 6) is -7.23. The van der Waals surface area contributed by atoms with E-state index in [2.05, 4.69) is 5.32 Å². The second-order valence-electron chi connectivity index (χ2n) is 20.5. The maximum Gasteiger partial charge on any atom is 0.407 e. The first-order valence-electron chi connectivity index (χ1n) is 23.9. The van der Waals surface area contributed by atoms with Gasteiger partial charge < -0.3 is 35.1 Å². The zero-order valence-electron chi connectivity index (χ0n) is 40.1. The van der Waals surface area contributed by atoms with Crippen molar-refractivity contribution < 1.29 is 62.0 Å². The molecule has 10 atom stereocenters. The van der Waals surface area contributed by atoms with Crippen LogP contribution < -0.4 is 11.1 Å². The van der Waals surface area contributed by atoms with Crippen LogP contribution in [0.3, 0.4) is 0 Å². The number of hydrogen-bond acceptors (Lipinski definition) is 13. The number of amides is 1. The molecule has 2 aromatic carbocycles. The number of aliphatic hydroxyl groups excluding tert-OH is 1. The highest BCUT2D eigenvalue weighted by Gasteiger charge is 2.79. The first kappa shape index (κ1) is 50.3. The van der Waals surface area contributed by atoms with Crippen molar-refractivity contribution in [3.8, 4) is 11.1 Å². The van der Waals surface area contributed by atoms with Crippen molar-refractivity contribution in [2.24, 2.45) is 34.3 Å². The van der Waals surface area contributed by atoms with Gasteiger partial charge in [0.05, 0.1) is 12.1 Å². The third-order valence-corrected chi connectivity index (χ3v) is 15.5. The van der Waals surface area contributed by atoms with Crippen LogP contribution in [-0.4, -0.2) is 94.7 Å². The monoisotopic (exact) mass is 940 g/mol. The lowest BCUT2D eigenvalue weighted by Crippen LogP contribution is -2.71. The van der Waals surface area contributed by atoms with Crippen LogP contribution in [0.4, 0.5) is 9.18 Å². The number of Topliss-reactive ketones (excluding diaryl/α,β-unsaturated/α-hetero) is 2. The Morgan fingerprint density at radius 1 is 0.926 bits per heavy atom. The fraction of sp³-hybridized carbons (Fsp3) is 0.566. The summed E-state index contributed by atoms with van der Waals surface area (Å²) in [4.78, 5) is 96.5. The number of esters is 3. The maximum absolute atomic E-state index is 18.6. The van der Waals surface area contributed by atoms with Crippen molar-refractivity contribution in [1.29, 1.82) is 0 Å². The molecule has 68 heavy (non-hydrogen) atoms. The Balaban J connectivity index is 1.28. The minimum atomic E-state index is -2.41. The van der Waals surface area contributed by atoms with E-state index >= 15 is 14.0 Å². The number of hydrogen-bond donors (Lipinski definition) is 3. The molecule has 5 aliphatic carbocycles. The molecular formula is C53H65FN2O12. The Morgan fingerprint density at radius 3 is 2.18 bits per heavy atom. The van der Waals surface area contributed by atoms with Crippen LogP contribution in [0.25, 0.3) is 11.1 Å². The molecule has 1 amide bonds. The molecule has 15 heteroatoms. The molecule has 0 radical (unpaired) electrons. The molecule has 3 fully saturated rings. The number of halogens is 1. The Kier molecular flexibility index (Phi) is 14.1. The topological polar surface area (TPSA) is 215 Å². The van der Waals surface area contributed by atoms with Gasteiger partial charge in [-0.3, -0.25) is 28.8 Å². The van der Waals surface area contributed by atoms with E-state index in [-0.39, 0.29) is 63.3 Å². The van der Waals surface area contributed by atoms with E-state index in [9.17, 15) is 29.1 Å². The van der Waals surface area contributed by atoms with Crippen molar-refractivity contribution in [3.05, 3.63) is 83.5 Å². The summed E-state index contributed by atoms with van der Waals surface area (Å²) in [6.45, 7) is 10.5. The summed E-state index contributed by atoms with van der Waals surface area (Å²) in [6.07, 6.45) is -0.0460. The van der Waals surface area contributed by atoms with E-state index in [1.54, 1.807) is 41.5 Å². The fourth-order valence-electron chi connectivity index (χ4n) is 12.4. The van der Waals surface area contributed by atoms with Gasteiger partial charge in [0.2, 0.25) is 5.78 Å². The van der Waals surface area contributed by atoms with Crippen molar-refractivity contribution in [1.82, 2.24) is 5.32 Å². The van der Waals surface area contributed by atoms with Gasteiger partial charge in [0.1, 0.15) is 18.2 Å². The van der Waals surface area contributed by atoms with Crippen LogP contribution in [0.15, 0.2) is 72.3 Å². The SMILES string of the molecule is CCC(=O)OCC(=O)[C@@]1(OC(=O)CC)[C@@H](C)C[C@H]2[C@@H]3CCC4=CC(=O)C=C[C@]4(C)C3(F)[C@@H](O)C[C@@]21CC(=O)[C@H](CCC(N)C(=O)OC(C)(C)C)NC(=O)OCC1c2ccccc2-c2ccccc21. The summed E-state index contributed by atoms with van der Waals surface area (Å²) in [5.41, 5.74) is 1.99. The van der Waals surface area contributed by atoms with Crippen LogP contribution in [0.1, 0.15) is 123 Å². The first-order chi connectivity index (χ1) is 32.1. The number of alkyl carbamates (subject to hydrolysis) is 1. The van der Waals surface area contributed by atoms with E-state index in [4.69, 9.17) is 24.7 Å². The summed E-state index contributed by atoms with van der Waals surface area (Å²) in [7, 11) is 0. The number of ether oxygens (including phenoxy) is 4. The number of ketones is 3. The zero-order chi connectivity index (χ0) is 49.6. The van der Waals surface area contributed by atoms with Gasteiger partial charge in [0, 0.05) is 47.8 Å². The zero-order valence-corrected chi connectivity index (χ0v) is 40.1. The molecule has 2 aromatic rings. The Morgan fingerprint density at radius 2 is 1.56 bits per heavy atom. The number of alkyl halides is 1. The lowest BCUT2D eigenvalue weighted by Gasteiger charge is -2.63. The summed E-state index contributed by atoms with van der Waals surface area (Å²) < 4.78 is 41.7. The van der Waals surface area contributed by atoms with Crippen LogP contribution in [0, 0.1) is 28.6 Å². The van der Waals surface area contributed by atoms with E-state index in [0.717, 1.165) is 22.3 Å². The average Bonchev–Trinajstić information content (AvgIpc) is 3.74.